The molecule has 0 heterocycles. The predicted octanol–water partition coefficient (Wildman–Crippen LogP) is 3.05. The van der Waals surface area contributed by atoms with Crippen LogP contribution in [0.4, 0.5) is 0 Å². The molecule has 2 N–H and O–H groups in total. The monoisotopic (exact) mass is 400 g/mol. The molecule has 4 nitrogen and oxygen atoms in total. The molecule has 0 saturated carbocycles. The summed E-state index contributed by atoms with van der Waals surface area (Å²) in [5.41, 5.74) is 0. The van der Waals surface area contributed by atoms with E-state index in [-0.39, 0.29) is 0 Å². The molecule has 0 aromatic rings. The van der Waals surface area contributed by atoms with Crippen LogP contribution in [0, 0.1) is 0 Å². The third-order valence-electron chi connectivity index (χ3n) is 2.58. The Morgan fingerprint density at radius 1 is 0.800 bits per heavy atom. The Kier molecular flexibility index (Phi) is 6.58. The van der Waals surface area contributed by atoms with Gasteiger partial charge in [-0.15, -0.1) is 0 Å². The molecule has 114 valence electrons. The van der Waals surface area contributed by atoms with Crippen molar-refractivity contribution in [3.63, 3.8) is 0 Å². The van der Waals surface area contributed by atoms with E-state index in [0.29, 0.717) is 12.8 Å². The summed E-state index contributed by atoms with van der Waals surface area (Å²) < 4.78 is -4.16. The van der Waals surface area contributed by atoms with Crippen LogP contribution in [-0.4, -0.2) is 31.5 Å². The molecule has 2 atom stereocenters. The molecule has 1 rings (SSSR count). The van der Waals surface area contributed by atoms with Crippen LogP contribution in [0.25, 0.3) is 0 Å². The van der Waals surface area contributed by atoms with Crippen LogP contribution >= 0.6 is 69.6 Å². The number of hydrogen-bond donors (Lipinski definition) is 2. The Bertz CT molecular complexity index is 377. The Morgan fingerprint density at radius 3 is 1.35 bits per heavy atom. The number of carbonyl (C=O) groups is 2. The summed E-state index contributed by atoms with van der Waals surface area (Å²) >= 11 is 32.9. The minimum absolute atomic E-state index is 0.456. The number of nitrogens with one attached hydrogen (secondary N) is 2. The normalized spacial score (nSPS) is 23.3. The SMILES string of the molecule is O=C(N[C@H]1CC=CC[C@H]1NC(=O)C(Cl)(Cl)Cl)C(Cl)(Cl)Cl. The van der Waals surface area contributed by atoms with Crippen LogP contribution in [0.3, 0.4) is 0 Å². The zero-order valence-electron chi connectivity index (χ0n) is 9.81. The molecule has 2 amide bonds. The Hall–Kier alpha value is 0.420. The maximum atomic E-state index is 11.6. The minimum atomic E-state index is -2.08. The molecular formula is C10H10Cl6N2O2. The zero-order valence-corrected chi connectivity index (χ0v) is 14.3. The van der Waals surface area contributed by atoms with Crippen molar-refractivity contribution in [2.75, 3.05) is 0 Å². The summed E-state index contributed by atoms with van der Waals surface area (Å²) in [6, 6.07) is -0.918. The van der Waals surface area contributed by atoms with Crippen LogP contribution < -0.4 is 10.6 Å². The first-order valence-electron chi connectivity index (χ1n) is 5.42. The standard InChI is InChI=1S/C10H10Cl6N2O2/c11-9(12,13)7(19)17-5-3-1-2-4-6(5)18-8(20)10(14,15)16/h1-2,5-6H,3-4H2,(H,17,19)(H,18,20)/t5-,6+. The lowest BCUT2D eigenvalue weighted by molar-refractivity contribution is -0.123. The lowest BCUT2D eigenvalue weighted by Crippen LogP contribution is -2.55. The van der Waals surface area contributed by atoms with Crippen molar-refractivity contribution in [1.82, 2.24) is 10.6 Å². The highest BCUT2D eigenvalue weighted by Crippen LogP contribution is 2.28. The topological polar surface area (TPSA) is 58.2 Å². The van der Waals surface area contributed by atoms with Crippen molar-refractivity contribution in [3.8, 4) is 0 Å². The van der Waals surface area contributed by atoms with Gasteiger partial charge < -0.3 is 10.6 Å². The first kappa shape index (κ1) is 18.5. The molecular weight excluding hydrogens is 393 g/mol. The molecule has 1 aliphatic rings. The second kappa shape index (κ2) is 7.12. The first-order chi connectivity index (χ1) is 9.01. The molecule has 20 heavy (non-hydrogen) atoms. The summed E-state index contributed by atoms with van der Waals surface area (Å²) in [6.07, 6.45) is 4.58. The highest BCUT2D eigenvalue weighted by molar-refractivity contribution is 6.76. The van der Waals surface area contributed by atoms with E-state index in [1.54, 1.807) is 0 Å². The average molecular weight is 403 g/mol. The third kappa shape index (κ3) is 5.66. The van der Waals surface area contributed by atoms with Crippen LogP contribution in [-0.2, 0) is 9.59 Å². The van der Waals surface area contributed by atoms with Gasteiger partial charge in [-0.1, -0.05) is 81.8 Å². The Balaban J connectivity index is 2.71. The van der Waals surface area contributed by atoms with Gasteiger partial charge >= 0.3 is 0 Å². The fraction of sp³-hybridized carbons (Fsp3) is 0.600. The lowest BCUT2D eigenvalue weighted by atomic mass is 9.96. The van der Waals surface area contributed by atoms with Crippen LogP contribution in [0.1, 0.15) is 12.8 Å². The van der Waals surface area contributed by atoms with E-state index in [1.807, 2.05) is 12.2 Å². The van der Waals surface area contributed by atoms with E-state index in [4.69, 9.17) is 69.6 Å². The number of hydrogen-bond acceptors (Lipinski definition) is 2. The minimum Gasteiger partial charge on any atom is -0.347 e. The van der Waals surface area contributed by atoms with E-state index >= 15 is 0 Å². The van der Waals surface area contributed by atoms with E-state index < -0.39 is 31.5 Å². The van der Waals surface area contributed by atoms with Crippen molar-refractivity contribution in [2.45, 2.75) is 32.5 Å². The molecule has 10 heteroatoms. The first-order valence-corrected chi connectivity index (χ1v) is 7.69. The maximum Gasteiger partial charge on any atom is 0.272 e. The van der Waals surface area contributed by atoms with Gasteiger partial charge in [-0.3, -0.25) is 9.59 Å². The molecule has 0 spiro atoms. The fourth-order valence-corrected chi connectivity index (χ4v) is 1.96. The number of carbonyl (C=O) groups excluding carboxylic acids is 2. The quantitative estimate of drug-likeness (QED) is 0.551. The van der Waals surface area contributed by atoms with Crippen molar-refractivity contribution in [2.24, 2.45) is 0 Å². The second-order valence-corrected chi connectivity index (χ2v) is 8.66. The second-order valence-electron chi connectivity index (χ2n) is 4.10. The molecule has 0 fully saturated rings. The highest BCUT2D eigenvalue weighted by atomic mass is 35.6. The van der Waals surface area contributed by atoms with E-state index in [2.05, 4.69) is 10.6 Å². The summed E-state index contributed by atoms with van der Waals surface area (Å²) in [4.78, 5) is 23.3. The van der Waals surface area contributed by atoms with Gasteiger partial charge in [0.2, 0.25) is 0 Å². The molecule has 0 radical (unpaired) electrons. The van der Waals surface area contributed by atoms with E-state index in [9.17, 15) is 9.59 Å². The maximum absolute atomic E-state index is 11.6. The van der Waals surface area contributed by atoms with Gasteiger partial charge in [0.25, 0.3) is 19.4 Å². The smallest absolute Gasteiger partial charge is 0.272 e. The summed E-state index contributed by atoms with van der Waals surface area (Å²) in [7, 11) is 0. The van der Waals surface area contributed by atoms with Crippen molar-refractivity contribution < 1.29 is 9.59 Å². The zero-order chi connectivity index (χ0) is 15.6. The molecule has 0 bridgehead atoms. The molecule has 0 aromatic heterocycles. The molecule has 0 aromatic carbocycles. The van der Waals surface area contributed by atoms with Gasteiger partial charge in [-0.05, 0) is 12.8 Å². The van der Waals surface area contributed by atoms with E-state index in [1.165, 1.54) is 0 Å². The third-order valence-corrected chi connectivity index (χ3v) is 3.61. The van der Waals surface area contributed by atoms with Crippen molar-refractivity contribution in [3.05, 3.63) is 12.2 Å². The highest BCUT2D eigenvalue weighted by Gasteiger charge is 2.37. The van der Waals surface area contributed by atoms with Crippen LogP contribution in [0.15, 0.2) is 12.2 Å². The van der Waals surface area contributed by atoms with E-state index in [0.717, 1.165) is 0 Å². The van der Waals surface area contributed by atoms with Crippen LogP contribution in [0.5, 0.6) is 0 Å². The van der Waals surface area contributed by atoms with Gasteiger partial charge in [0.1, 0.15) is 0 Å². The van der Waals surface area contributed by atoms with Gasteiger partial charge in [0, 0.05) is 0 Å². The Labute approximate surface area is 146 Å². The number of halogens is 6. The molecule has 0 saturated heterocycles. The number of rotatable bonds is 2. The average Bonchev–Trinajstić information content (AvgIpc) is 2.29. The number of amides is 2. The summed E-state index contributed by atoms with van der Waals surface area (Å²) in [5, 5.41) is 5.07. The van der Waals surface area contributed by atoms with Gasteiger partial charge in [0.05, 0.1) is 12.1 Å². The summed E-state index contributed by atoms with van der Waals surface area (Å²) in [6.45, 7) is 0. The van der Waals surface area contributed by atoms with Gasteiger partial charge in [-0.2, -0.15) is 0 Å². The molecule has 0 unspecified atom stereocenters. The molecule has 0 aliphatic heterocycles. The fourth-order valence-electron chi connectivity index (χ4n) is 1.63. The van der Waals surface area contributed by atoms with Gasteiger partial charge in [0.15, 0.2) is 0 Å². The van der Waals surface area contributed by atoms with Gasteiger partial charge in [-0.25, -0.2) is 0 Å². The van der Waals surface area contributed by atoms with Crippen molar-refractivity contribution >= 4 is 81.4 Å². The Morgan fingerprint density at radius 2 is 1.10 bits per heavy atom. The largest absolute Gasteiger partial charge is 0.347 e. The van der Waals surface area contributed by atoms with Crippen molar-refractivity contribution in [1.29, 1.82) is 0 Å². The lowest BCUT2D eigenvalue weighted by Gasteiger charge is -2.31. The summed E-state index contributed by atoms with van der Waals surface area (Å²) in [5.74, 6) is -1.56. The van der Waals surface area contributed by atoms with Crippen LogP contribution in [0.2, 0.25) is 0 Å². The molecule has 1 aliphatic carbocycles. The number of alkyl halides is 6. The predicted molar refractivity (Wildman–Crippen MR) is 82.8 cm³/mol.